The SMILES string of the molecule is Cc1cccc(C2C=C(c3ccc(Br)cc3)Nc3nc4ccccc4n32)c1. The Balaban J connectivity index is 1.72. The molecule has 3 aromatic carbocycles. The molecule has 132 valence electrons. The van der Waals surface area contributed by atoms with Gasteiger partial charge >= 0.3 is 0 Å². The van der Waals surface area contributed by atoms with Crippen LogP contribution in [-0.2, 0) is 0 Å². The summed E-state index contributed by atoms with van der Waals surface area (Å²) < 4.78 is 3.36. The molecule has 1 aliphatic rings. The molecule has 1 aliphatic heterocycles. The van der Waals surface area contributed by atoms with E-state index in [1.807, 2.05) is 6.07 Å². The summed E-state index contributed by atoms with van der Waals surface area (Å²) in [5, 5.41) is 3.53. The Labute approximate surface area is 166 Å². The van der Waals surface area contributed by atoms with E-state index in [9.17, 15) is 0 Å². The molecule has 27 heavy (non-hydrogen) atoms. The second-order valence-corrected chi connectivity index (χ2v) is 7.78. The van der Waals surface area contributed by atoms with E-state index in [4.69, 9.17) is 4.98 Å². The third kappa shape index (κ3) is 2.86. The maximum Gasteiger partial charge on any atom is 0.209 e. The summed E-state index contributed by atoms with van der Waals surface area (Å²) in [6, 6.07) is 25.5. The van der Waals surface area contributed by atoms with Gasteiger partial charge in [0.1, 0.15) is 0 Å². The zero-order chi connectivity index (χ0) is 18.4. The number of nitrogens with zero attached hydrogens (tertiary/aromatic N) is 2. The maximum atomic E-state index is 4.85. The first kappa shape index (κ1) is 16.3. The molecular weight excluding hydrogens is 398 g/mol. The van der Waals surface area contributed by atoms with Gasteiger partial charge in [0.25, 0.3) is 0 Å². The fourth-order valence-electron chi connectivity index (χ4n) is 3.71. The number of benzene rings is 3. The Kier molecular flexibility index (Phi) is 3.87. The van der Waals surface area contributed by atoms with Crippen LogP contribution in [0.5, 0.6) is 0 Å². The van der Waals surface area contributed by atoms with Crippen LogP contribution in [0.1, 0.15) is 22.7 Å². The lowest BCUT2D eigenvalue weighted by Gasteiger charge is -2.27. The molecule has 5 rings (SSSR count). The molecule has 1 N–H and O–H groups in total. The zero-order valence-electron chi connectivity index (χ0n) is 14.9. The van der Waals surface area contributed by atoms with E-state index in [-0.39, 0.29) is 6.04 Å². The average molecular weight is 416 g/mol. The van der Waals surface area contributed by atoms with Crippen LogP contribution in [0, 0.1) is 6.92 Å². The van der Waals surface area contributed by atoms with Crippen molar-refractivity contribution in [1.82, 2.24) is 9.55 Å². The quantitative estimate of drug-likeness (QED) is 0.424. The third-order valence-electron chi connectivity index (χ3n) is 4.98. The van der Waals surface area contributed by atoms with Crippen molar-refractivity contribution >= 4 is 38.6 Å². The molecule has 3 nitrogen and oxygen atoms in total. The summed E-state index contributed by atoms with van der Waals surface area (Å²) >= 11 is 3.52. The summed E-state index contributed by atoms with van der Waals surface area (Å²) in [6.45, 7) is 2.14. The number of rotatable bonds is 2. The van der Waals surface area contributed by atoms with Crippen molar-refractivity contribution in [2.75, 3.05) is 5.32 Å². The fourth-order valence-corrected chi connectivity index (χ4v) is 3.97. The number of fused-ring (bicyclic) bond motifs is 3. The minimum atomic E-state index is 0.0900. The number of allylic oxidation sites excluding steroid dienone is 1. The van der Waals surface area contributed by atoms with Crippen molar-refractivity contribution in [1.29, 1.82) is 0 Å². The molecule has 4 aromatic rings. The van der Waals surface area contributed by atoms with Crippen LogP contribution in [0.25, 0.3) is 16.7 Å². The van der Waals surface area contributed by atoms with Gasteiger partial charge < -0.3 is 5.32 Å². The number of nitrogens with one attached hydrogen (secondary N) is 1. The van der Waals surface area contributed by atoms with Crippen LogP contribution in [0.15, 0.2) is 83.3 Å². The van der Waals surface area contributed by atoms with Crippen molar-refractivity contribution < 1.29 is 0 Å². The Morgan fingerprint density at radius 2 is 1.78 bits per heavy atom. The smallest absolute Gasteiger partial charge is 0.209 e. The molecule has 1 atom stereocenters. The standard InChI is InChI=1S/C23H18BrN3/c1-15-5-4-6-17(13-15)22-14-20(16-9-11-18(24)12-10-16)26-23-25-19-7-2-3-8-21(19)27(22)23/h2-14,22H,1H3,(H,25,26). The number of aromatic nitrogens is 2. The van der Waals surface area contributed by atoms with Crippen molar-refractivity contribution in [2.24, 2.45) is 0 Å². The molecule has 0 fully saturated rings. The van der Waals surface area contributed by atoms with E-state index in [0.29, 0.717) is 0 Å². The van der Waals surface area contributed by atoms with Crippen LogP contribution in [0.2, 0.25) is 0 Å². The Bertz CT molecular complexity index is 1170. The fraction of sp³-hybridized carbons (Fsp3) is 0.0870. The van der Waals surface area contributed by atoms with Gasteiger partial charge in [0.15, 0.2) is 0 Å². The highest BCUT2D eigenvalue weighted by molar-refractivity contribution is 9.10. The molecule has 4 heteroatoms. The van der Waals surface area contributed by atoms with Gasteiger partial charge in [-0.15, -0.1) is 0 Å². The van der Waals surface area contributed by atoms with Crippen LogP contribution >= 0.6 is 15.9 Å². The first-order valence-electron chi connectivity index (χ1n) is 8.97. The molecule has 1 aromatic heterocycles. The number of anilines is 1. The van der Waals surface area contributed by atoms with E-state index < -0.39 is 0 Å². The predicted octanol–water partition coefficient (Wildman–Crippen LogP) is 6.16. The molecule has 0 amide bonds. The predicted molar refractivity (Wildman–Crippen MR) is 115 cm³/mol. The molecule has 2 heterocycles. The molecule has 0 bridgehead atoms. The summed E-state index contributed by atoms with van der Waals surface area (Å²) in [5.74, 6) is 0.878. The van der Waals surface area contributed by atoms with E-state index >= 15 is 0 Å². The highest BCUT2D eigenvalue weighted by atomic mass is 79.9. The second kappa shape index (κ2) is 6.39. The molecule has 0 spiro atoms. The Morgan fingerprint density at radius 1 is 0.963 bits per heavy atom. The minimum Gasteiger partial charge on any atom is -0.325 e. The summed E-state index contributed by atoms with van der Waals surface area (Å²) in [5.41, 5.74) is 6.89. The number of hydrogen-bond acceptors (Lipinski definition) is 2. The topological polar surface area (TPSA) is 29.9 Å². The van der Waals surface area contributed by atoms with Crippen LogP contribution in [0.4, 0.5) is 5.95 Å². The van der Waals surface area contributed by atoms with Crippen molar-refractivity contribution in [2.45, 2.75) is 13.0 Å². The number of halogens is 1. The number of para-hydroxylation sites is 2. The van der Waals surface area contributed by atoms with Gasteiger partial charge in [0.05, 0.1) is 17.1 Å². The van der Waals surface area contributed by atoms with Crippen LogP contribution in [0.3, 0.4) is 0 Å². The zero-order valence-corrected chi connectivity index (χ0v) is 16.4. The third-order valence-corrected chi connectivity index (χ3v) is 5.51. The van der Waals surface area contributed by atoms with Crippen LogP contribution < -0.4 is 5.32 Å². The van der Waals surface area contributed by atoms with Gasteiger partial charge in [0.2, 0.25) is 5.95 Å². The normalized spacial score (nSPS) is 15.9. The Morgan fingerprint density at radius 3 is 2.59 bits per heavy atom. The van der Waals surface area contributed by atoms with E-state index in [0.717, 1.165) is 32.7 Å². The van der Waals surface area contributed by atoms with Crippen molar-refractivity contribution in [3.63, 3.8) is 0 Å². The van der Waals surface area contributed by atoms with Gasteiger partial charge in [-0.1, -0.05) is 70.0 Å². The number of hydrogen-bond donors (Lipinski definition) is 1. The molecule has 0 aliphatic carbocycles. The second-order valence-electron chi connectivity index (χ2n) is 6.87. The number of aryl methyl sites for hydroxylation is 1. The van der Waals surface area contributed by atoms with Crippen LogP contribution in [-0.4, -0.2) is 9.55 Å². The minimum absolute atomic E-state index is 0.0900. The van der Waals surface area contributed by atoms with Gasteiger partial charge in [-0.2, -0.15) is 0 Å². The first-order chi connectivity index (χ1) is 13.2. The Hall–Kier alpha value is -2.85. The molecule has 0 saturated heterocycles. The largest absolute Gasteiger partial charge is 0.325 e. The lowest BCUT2D eigenvalue weighted by atomic mass is 9.99. The van der Waals surface area contributed by atoms with Gasteiger partial charge in [-0.25, -0.2) is 4.98 Å². The lowest BCUT2D eigenvalue weighted by molar-refractivity contribution is 0.720. The highest BCUT2D eigenvalue weighted by Crippen LogP contribution is 2.37. The lowest BCUT2D eigenvalue weighted by Crippen LogP contribution is -2.19. The van der Waals surface area contributed by atoms with E-state index in [1.165, 1.54) is 11.1 Å². The molecule has 1 unspecified atom stereocenters. The van der Waals surface area contributed by atoms with Crippen molar-refractivity contribution in [3.8, 4) is 0 Å². The van der Waals surface area contributed by atoms with Crippen molar-refractivity contribution in [3.05, 3.63) is 100 Å². The summed E-state index contributed by atoms with van der Waals surface area (Å²) in [4.78, 5) is 4.85. The molecule has 0 radical (unpaired) electrons. The first-order valence-corrected chi connectivity index (χ1v) is 9.77. The van der Waals surface area contributed by atoms with E-state index in [1.54, 1.807) is 0 Å². The van der Waals surface area contributed by atoms with Gasteiger partial charge in [0, 0.05) is 10.2 Å². The summed E-state index contributed by atoms with van der Waals surface area (Å²) in [6.07, 6.45) is 2.29. The van der Waals surface area contributed by atoms with Gasteiger partial charge in [-0.05, 0) is 48.4 Å². The molecule has 0 saturated carbocycles. The highest BCUT2D eigenvalue weighted by Gasteiger charge is 2.25. The number of imidazole rings is 1. The summed E-state index contributed by atoms with van der Waals surface area (Å²) in [7, 11) is 0. The van der Waals surface area contributed by atoms with Gasteiger partial charge in [-0.3, -0.25) is 4.57 Å². The maximum absolute atomic E-state index is 4.85. The van der Waals surface area contributed by atoms with E-state index in [2.05, 4.69) is 106 Å². The average Bonchev–Trinajstić information content (AvgIpc) is 3.06. The molecular formula is C23H18BrN3. The monoisotopic (exact) mass is 415 g/mol.